The lowest BCUT2D eigenvalue weighted by atomic mass is 9.72. The Labute approximate surface area is 179 Å². The van der Waals surface area contributed by atoms with Crippen LogP contribution in [-0.4, -0.2) is 42.3 Å². The number of nitrogens with one attached hydrogen (secondary N) is 1. The molecule has 0 aliphatic carbocycles. The molecule has 31 heavy (non-hydrogen) atoms. The van der Waals surface area contributed by atoms with Crippen LogP contribution in [0.3, 0.4) is 0 Å². The van der Waals surface area contributed by atoms with Crippen molar-refractivity contribution in [1.82, 2.24) is 29.1 Å². The van der Waals surface area contributed by atoms with Gasteiger partial charge in [-0.25, -0.2) is 19.5 Å². The van der Waals surface area contributed by atoms with Crippen molar-refractivity contribution < 1.29 is 4.74 Å². The summed E-state index contributed by atoms with van der Waals surface area (Å²) in [5, 5.41) is 7.51. The van der Waals surface area contributed by atoms with Crippen LogP contribution in [0.4, 0.5) is 11.6 Å². The predicted molar refractivity (Wildman–Crippen MR) is 118 cm³/mol. The topological polar surface area (TPSA) is 99.2 Å². The van der Waals surface area contributed by atoms with Gasteiger partial charge in [0, 0.05) is 19.7 Å². The van der Waals surface area contributed by atoms with Gasteiger partial charge in [-0.05, 0) is 41.9 Å². The van der Waals surface area contributed by atoms with Crippen LogP contribution in [0.15, 0.2) is 35.6 Å². The molecule has 9 nitrogen and oxygen atoms in total. The molecule has 1 N–H and O–H groups in total. The Bertz CT molecular complexity index is 1360. The molecule has 0 aromatic carbocycles. The zero-order valence-corrected chi connectivity index (χ0v) is 18.1. The van der Waals surface area contributed by atoms with Gasteiger partial charge in [-0.1, -0.05) is 13.8 Å². The molecule has 1 aliphatic rings. The second-order valence-corrected chi connectivity index (χ2v) is 8.86. The molecule has 1 unspecified atom stereocenters. The summed E-state index contributed by atoms with van der Waals surface area (Å²) in [5.41, 5.74) is 4.96. The molecule has 1 aliphatic heterocycles. The minimum absolute atomic E-state index is 0.0541. The first kappa shape index (κ1) is 19.6. The highest BCUT2D eigenvalue weighted by Crippen LogP contribution is 2.42. The molecule has 4 aromatic heterocycles. The maximum Gasteiger partial charge on any atom is 0.251 e. The summed E-state index contributed by atoms with van der Waals surface area (Å²) in [6.45, 7) is 7.69. The second kappa shape index (κ2) is 7.12. The number of aromatic nitrogens is 6. The summed E-state index contributed by atoms with van der Waals surface area (Å²) >= 11 is 0. The molecule has 1 fully saturated rings. The van der Waals surface area contributed by atoms with Gasteiger partial charge in [0.1, 0.15) is 6.33 Å². The van der Waals surface area contributed by atoms with Gasteiger partial charge in [-0.2, -0.15) is 5.10 Å². The van der Waals surface area contributed by atoms with Gasteiger partial charge < -0.3 is 14.6 Å². The number of fused-ring (bicyclic) bond motifs is 2. The van der Waals surface area contributed by atoms with E-state index in [-0.39, 0.29) is 16.9 Å². The Morgan fingerprint density at radius 1 is 1.26 bits per heavy atom. The average molecular weight is 419 g/mol. The van der Waals surface area contributed by atoms with Crippen LogP contribution >= 0.6 is 0 Å². The van der Waals surface area contributed by atoms with Crippen molar-refractivity contribution >= 4 is 28.3 Å². The first-order chi connectivity index (χ1) is 14.8. The third-order valence-corrected chi connectivity index (χ3v) is 6.23. The maximum absolute atomic E-state index is 12.7. The number of anilines is 2. The summed E-state index contributed by atoms with van der Waals surface area (Å²) in [5.74, 6) is 0.647. The fourth-order valence-corrected chi connectivity index (χ4v) is 4.39. The summed E-state index contributed by atoms with van der Waals surface area (Å²) < 4.78 is 9.01. The minimum Gasteiger partial charge on any atom is -0.381 e. The zero-order valence-electron chi connectivity index (χ0n) is 18.1. The normalized spacial score (nSPS) is 18.5. The lowest BCUT2D eigenvalue weighted by Crippen LogP contribution is -2.34. The van der Waals surface area contributed by atoms with E-state index in [1.165, 1.54) is 6.33 Å². The van der Waals surface area contributed by atoms with Crippen molar-refractivity contribution in [1.29, 1.82) is 0 Å². The van der Waals surface area contributed by atoms with Gasteiger partial charge in [0.2, 0.25) is 5.95 Å². The van der Waals surface area contributed by atoms with Crippen LogP contribution in [0, 0.1) is 12.3 Å². The van der Waals surface area contributed by atoms with Crippen LogP contribution in [0.2, 0.25) is 0 Å². The molecule has 1 saturated heterocycles. The van der Waals surface area contributed by atoms with Gasteiger partial charge >= 0.3 is 0 Å². The number of hydrogen-bond acceptors (Lipinski definition) is 7. The van der Waals surface area contributed by atoms with E-state index in [1.807, 2.05) is 19.2 Å². The van der Waals surface area contributed by atoms with E-state index < -0.39 is 0 Å². The van der Waals surface area contributed by atoms with Gasteiger partial charge in [0.15, 0.2) is 5.65 Å². The summed E-state index contributed by atoms with van der Waals surface area (Å²) in [6, 6.07) is 3.68. The van der Waals surface area contributed by atoms with Crippen LogP contribution in [0.1, 0.15) is 37.3 Å². The van der Waals surface area contributed by atoms with Crippen LogP contribution < -0.4 is 10.9 Å². The number of nitrogens with zero attached hydrogens (tertiary/aromatic N) is 6. The molecule has 5 rings (SSSR count). The number of aryl methyl sites for hydroxylation is 2. The average Bonchev–Trinajstić information content (AvgIpc) is 3.18. The first-order valence-electron chi connectivity index (χ1n) is 10.3. The number of hydrogen-bond donors (Lipinski definition) is 1. The van der Waals surface area contributed by atoms with Crippen molar-refractivity contribution in [2.75, 3.05) is 18.5 Å². The Hall–Kier alpha value is -3.33. The molecule has 0 spiro atoms. The van der Waals surface area contributed by atoms with Gasteiger partial charge in [0.25, 0.3) is 5.56 Å². The zero-order chi connectivity index (χ0) is 21.8. The Morgan fingerprint density at radius 2 is 2.10 bits per heavy atom. The summed E-state index contributed by atoms with van der Waals surface area (Å²) in [6.07, 6.45) is 5.96. The fourth-order valence-electron chi connectivity index (χ4n) is 4.39. The van der Waals surface area contributed by atoms with E-state index in [1.54, 1.807) is 28.4 Å². The number of ether oxygens (including phenoxy) is 1. The lowest BCUT2D eigenvalue weighted by Gasteiger charge is -2.38. The van der Waals surface area contributed by atoms with Crippen LogP contribution in [-0.2, 0) is 11.8 Å². The highest BCUT2D eigenvalue weighted by molar-refractivity contribution is 5.80. The second-order valence-electron chi connectivity index (χ2n) is 8.86. The van der Waals surface area contributed by atoms with Crippen LogP contribution in [0.5, 0.6) is 0 Å². The maximum atomic E-state index is 12.7. The number of pyridine rings is 2. The fraction of sp³-hybridized carbons (Fsp3) is 0.409. The predicted octanol–water partition coefficient (Wildman–Crippen LogP) is 2.95. The van der Waals surface area contributed by atoms with E-state index in [2.05, 4.69) is 34.2 Å². The third-order valence-electron chi connectivity index (χ3n) is 6.23. The van der Waals surface area contributed by atoms with Gasteiger partial charge in [-0.3, -0.25) is 4.79 Å². The molecule has 1 atom stereocenters. The third kappa shape index (κ3) is 3.34. The molecule has 4 aromatic rings. The molecular weight excluding hydrogens is 394 g/mol. The Morgan fingerprint density at radius 3 is 2.90 bits per heavy atom. The van der Waals surface area contributed by atoms with E-state index in [9.17, 15) is 4.79 Å². The molecular formula is C22H25N7O2. The lowest BCUT2D eigenvalue weighted by molar-refractivity contribution is -0.00425. The van der Waals surface area contributed by atoms with Crippen molar-refractivity contribution in [2.24, 2.45) is 12.5 Å². The van der Waals surface area contributed by atoms with Crippen molar-refractivity contribution in [3.8, 4) is 0 Å². The summed E-state index contributed by atoms with van der Waals surface area (Å²) in [4.78, 5) is 26.2. The molecule has 0 bridgehead atoms. The molecule has 5 heterocycles. The van der Waals surface area contributed by atoms with E-state index in [0.29, 0.717) is 19.2 Å². The molecule has 0 radical (unpaired) electrons. The van der Waals surface area contributed by atoms with Gasteiger partial charge in [0.05, 0.1) is 35.7 Å². The van der Waals surface area contributed by atoms with Crippen molar-refractivity contribution in [3.63, 3.8) is 0 Å². The van der Waals surface area contributed by atoms with E-state index >= 15 is 0 Å². The first-order valence-corrected chi connectivity index (χ1v) is 10.3. The summed E-state index contributed by atoms with van der Waals surface area (Å²) in [7, 11) is 1.75. The monoisotopic (exact) mass is 419 g/mol. The van der Waals surface area contributed by atoms with Crippen molar-refractivity contribution in [2.45, 2.75) is 33.1 Å². The quantitative estimate of drug-likeness (QED) is 0.545. The molecule has 9 heteroatoms. The number of rotatable bonds is 3. The highest BCUT2D eigenvalue weighted by Gasteiger charge is 2.36. The molecule has 0 saturated carbocycles. The smallest absolute Gasteiger partial charge is 0.251 e. The standard InChI is InChI=1S/C22H25N7O2/c1-13-7-18-24-12-25-29(18)10-16(13)26-21-23-9-17-20(27-21)14(8-19(30)28(17)4)15-5-6-31-11-22(15,2)3/h7-10,12,15H,5-6,11H2,1-4H3,(H,23,26,27). The highest BCUT2D eigenvalue weighted by atomic mass is 16.5. The van der Waals surface area contributed by atoms with E-state index in [0.717, 1.165) is 39.9 Å². The Balaban J connectivity index is 1.63. The molecule has 0 amide bonds. The van der Waals surface area contributed by atoms with Crippen LogP contribution in [0.25, 0.3) is 16.7 Å². The van der Waals surface area contributed by atoms with Gasteiger partial charge in [-0.15, -0.1) is 0 Å². The Kier molecular flexibility index (Phi) is 4.51. The minimum atomic E-state index is -0.0925. The molecule has 160 valence electrons. The largest absolute Gasteiger partial charge is 0.381 e. The van der Waals surface area contributed by atoms with E-state index in [4.69, 9.17) is 9.72 Å². The van der Waals surface area contributed by atoms with Crippen molar-refractivity contribution in [3.05, 3.63) is 52.3 Å². The SMILES string of the molecule is Cc1cc2ncnn2cc1Nc1ncc2c(n1)c(C1CCOCC1(C)C)cc(=O)n2C.